The van der Waals surface area contributed by atoms with Gasteiger partial charge in [-0.2, -0.15) is 0 Å². The highest BCUT2D eigenvalue weighted by atomic mass is 32.2. The third-order valence-corrected chi connectivity index (χ3v) is 3.62. The first-order chi connectivity index (χ1) is 7.89. The Morgan fingerprint density at radius 2 is 1.82 bits per heavy atom. The van der Waals surface area contributed by atoms with E-state index in [4.69, 9.17) is 5.41 Å². The first-order valence-corrected chi connectivity index (χ1v) is 6.53. The summed E-state index contributed by atoms with van der Waals surface area (Å²) in [6, 6.07) is 7.88. The Bertz CT molecular complexity index is 443. The molecule has 4 heteroatoms. The number of amides is 1. The molecule has 2 rings (SSSR count). The molecule has 1 aromatic carbocycles. The summed E-state index contributed by atoms with van der Waals surface area (Å²) in [5, 5.41) is 8.04. The Kier molecular flexibility index (Phi) is 3.00. The highest BCUT2D eigenvalue weighted by Gasteiger charge is 2.28. The van der Waals surface area contributed by atoms with Gasteiger partial charge in [-0.05, 0) is 23.1 Å². The van der Waals surface area contributed by atoms with Crippen LogP contribution >= 0.6 is 11.8 Å². The van der Waals surface area contributed by atoms with Gasteiger partial charge in [0.25, 0.3) is 0 Å². The smallest absolute Gasteiger partial charge is 0.243 e. The van der Waals surface area contributed by atoms with Gasteiger partial charge < -0.3 is 0 Å². The molecule has 0 saturated carbocycles. The lowest BCUT2D eigenvalue weighted by molar-refractivity contribution is -0.115. The molecule has 0 aliphatic carbocycles. The zero-order valence-electron chi connectivity index (χ0n) is 10.3. The minimum absolute atomic E-state index is 0.0106. The van der Waals surface area contributed by atoms with Crippen LogP contribution in [0.1, 0.15) is 26.3 Å². The summed E-state index contributed by atoms with van der Waals surface area (Å²) >= 11 is 1.28. The average Bonchev–Trinajstić information content (AvgIpc) is 2.58. The molecule has 1 N–H and O–H groups in total. The first-order valence-electron chi connectivity index (χ1n) is 5.54. The summed E-state index contributed by atoms with van der Waals surface area (Å²) in [5.74, 6) is 0.364. The van der Waals surface area contributed by atoms with Gasteiger partial charge in [0, 0.05) is 0 Å². The number of hydrogen-bond donors (Lipinski definition) is 1. The van der Waals surface area contributed by atoms with Gasteiger partial charge in [-0.1, -0.05) is 44.7 Å². The standard InChI is InChI=1S/C13H16N2OS/c1-13(2,3)9-4-6-10(7-5-9)15-11(16)8-17-12(15)14/h4-7,14H,8H2,1-3H3. The van der Waals surface area contributed by atoms with Crippen LogP contribution in [0.5, 0.6) is 0 Å². The van der Waals surface area contributed by atoms with Crippen LogP contribution in [-0.2, 0) is 10.2 Å². The zero-order valence-corrected chi connectivity index (χ0v) is 11.1. The number of nitrogens with one attached hydrogen (secondary N) is 1. The minimum Gasteiger partial charge on any atom is -0.278 e. The summed E-state index contributed by atoms with van der Waals surface area (Å²) in [4.78, 5) is 13.1. The van der Waals surface area contributed by atoms with E-state index in [1.807, 2.05) is 24.3 Å². The van der Waals surface area contributed by atoms with Crippen molar-refractivity contribution < 1.29 is 4.79 Å². The van der Waals surface area contributed by atoms with Crippen LogP contribution in [-0.4, -0.2) is 16.8 Å². The largest absolute Gasteiger partial charge is 0.278 e. The van der Waals surface area contributed by atoms with Crippen molar-refractivity contribution in [3.8, 4) is 0 Å². The van der Waals surface area contributed by atoms with E-state index in [2.05, 4.69) is 20.8 Å². The number of carbonyl (C=O) groups excluding carboxylic acids is 1. The van der Waals surface area contributed by atoms with E-state index in [1.165, 1.54) is 22.2 Å². The van der Waals surface area contributed by atoms with Crippen LogP contribution in [0.2, 0.25) is 0 Å². The molecule has 3 nitrogen and oxygen atoms in total. The average molecular weight is 248 g/mol. The number of thioether (sulfide) groups is 1. The summed E-state index contributed by atoms with van der Waals surface area (Å²) in [7, 11) is 0. The molecule has 0 radical (unpaired) electrons. The van der Waals surface area contributed by atoms with Crippen molar-refractivity contribution in [1.82, 2.24) is 0 Å². The maximum Gasteiger partial charge on any atom is 0.243 e. The number of hydrogen-bond acceptors (Lipinski definition) is 3. The molecule has 0 bridgehead atoms. The van der Waals surface area contributed by atoms with E-state index < -0.39 is 0 Å². The maximum atomic E-state index is 11.6. The van der Waals surface area contributed by atoms with E-state index in [-0.39, 0.29) is 11.3 Å². The van der Waals surface area contributed by atoms with Gasteiger partial charge in [0.1, 0.15) is 0 Å². The predicted octanol–water partition coefficient (Wildman–Crippen LogP) is 3.00. The number of benzene rings is 1. The lowest BCUT2D eigenvalue weighted by Gasteiger charge is -2.21. The van der Waals surface area contributed by atoms with Crippen molar-refractivity contribution in [2.75, 3.05) is 10.7 Å². The fraction of sp³-hybridized carbons (Fsp3) is 0.385. The molecule has 17 heavy (non-hydrogen) atoms. The van der Waals surface area contributed by atoms with Crippen molar-refractivity contribution >= 4 is 28.5 Å². The van der Waals surface area contributed by atoms with Gasteiger partial charge in [-0.3, -0.25) is 15.1 Å². The number of amidine groups is 1. The molecule has 0 aromatic heterocycles. The molecule has 0 atom stereocenters. The number of rotatable bonds is 1. The lowest BCUT2D eigenvalue weighted by Crippen LogP contribution is -2.28. The van der Waals surface area contributed by atoms with Crippen molar-refractivity contribution in [3.63, 3.8) is 0 Å². The normalized spacial score (nSPS) is 16.8. The van der Waals surface area contributed by atoms with Crippen LogP contribution < -0.4 is 4.90 Å². The van der Waals surface area contributed by atoms with Gasteiger partial charge >= 0.3 is 0 Å². The molecule has 90 valence electrons. The third-order valence-electron chi connectivity index (χ3n) is 2.78. The van der Waals surface area contributed by atoms with Crippen molar-refractivity contribution in [2.45, 2.75) is 26.2 Å². The number of carbonyl (C=O) groups is 1. The van der Waals surface area contributed by atoms with Crippen LogP contribution in [0.3, 0.4) is 0 Å². The molecular formula is C13H16N2OS. The molecular weight excluding hydrogens is 232 g/mol. The second-order valence-electron chi connectivity index (χ2n) is 5.12. The topological polar surface area (TPSA) is 44.2 Å². The maximum absolute atomic E-state index is 11.6. The molecule has 0 spiro atoms. The second kappa shape index (κ2) is 4.18. The third kappa shape index (κ3) is 2.36. The van der Waals surface area contributed by atoms with Crippen molar-refractivity contribution in [3.05, 3.63) is 29.8 Å². The predicted molar refractivity (Wildman–Crippen MR) is 72.8 cm³/mol. The summed E-state index contributed by atoms with van der Waals surface area (Å²) in [6.07, 6.45) is 0. The molecule has 0 unspecified atom stereocenters. The SMILES string of the molecule is CC(C)(C)c1ccc(N2C(=N)SCC2=O)cc1. The van der Waals surface area contributed by atoms with E-state index in [9.17, 15) is 4.79 Å². The van der Waals surface area contributed by atoms with E-state index in [0.717, 1.165) is 5.69 Å². The van der Waals surface area contributed by atoms with Gasteiger partial charge in [-0.15, -0.1) is 0 Å². The van der Waals surface area contributed by atoms with Crippen molar-refractivity contribution in [2.24, 2.45) is 0 Å². The fourth-order valence-corrected chi connectivity index (χ4v) is 2.47. The molecule has 1 aliphatic rings. The van der Waals surface area contributed by atoms with Crippen LogP contribution in [0.15, 0.2) is 24.3 Å². The van der Waals surface area contributed by atoms with E-state index in [1.54, 1.807) is 0 Å². The molecule has 1 fully saturated rings. The molecule has 1 saturated heterocycles. The van der Waals surface area contributed by atoms with Gasteiger partial charge in [0.05, 0.1) is 11.4 Å². The molecule has 1 aliphatic heterocycles. The monoisotopic (exact) mass is 248 g/mol. The Balaban J connectivity index is 2.30. The van der Waals surface area contributed by atoms with E-state index in [0.29, 0.717) is 10.9 Å². The van der Waals surface area contributed by atoms with Gasteiger partial charge in [0.15, 0.2) is 5.17 Å². The fourth-order valence-electron chi connectivity index (χ4n) is 1.74. The highest BCUT2D eigenvalue weighted by molar-refractivity contribution is 8.15. The minimum atomic E-state index is -0.0106. The van der Waals surface area contributed by atoms with Crippen LogP contribution in [0.25, 0.3) is 0 Å². The van der Waals surface area contributed by atoms with Crippen molar-refractivity contribution in [1.29, 1.82) is 5.41 Å². The highest BCUT2D eigenvalue weighted by Crippen LogP contribution is 2.28. The number of anilines is 1. The molecule has 1 aromatic rings. The van der Waals surface area contributed by atoms with E-state index >= 15 is 0 Å². The number of nitrogens with zero attached hydrogens (tertiary/aromatic N) is 1. The first kappa shape index (κ1) is 12.2. The zero-order chi connectivity index (χ0) is 12.6. The lowest BCUT2D eigenvalue weighted by atomic mass is 9.87. The second-order valence-corrected chi connectivity index (χ2v) is 6.08. The Labute approximate surface area is 106 Å². The van der Waals surface area contributed by atoms with Gasteiger partial charge in [0.2, 0.25) is 5.91 Å². The van der Waals surface area contributed by atoms with Crippen LogP contribution in [0, 0.1) is 5.41 Å². The summed E-state index contributed by atoms with van der Waals surface area (Å²) in [5.41, 5.74) is 2.13. The summed E-state index contributed by atoms with van der Waals surface area (Å²) in [6.45, 7) is 6.46. The Morgan fingerprint density at radius 3 is 2.24 bits per heavy atom. The quantitative estimate of drug-likeness (QED) is 0.830. The summed E-state index contributed by atoms with van der Waals surface area (Å²) < 4.78 is 0. The van der Waals surface area contributed by atoms with Crippen LogP contribution in [0.4, 0.5) is 5.69 Å². The molecule has 1 heterocycles. The molecule has 1 amide bonds. The Morgan fingerprint density at radius 1 is 1.24 bits per heavy atom. The Hall–Kier alpha value is -1.29. The van der Waals surface area contributed by atoms with Gasteiger partial charge in [-0.25, -0.2) is 0 Å².